The summed E-state index contributed by atoms with van der Waals surface area (Å²) in [7, 11) is 0. The molecule has 0 bridgehead atoms. The maximum atomic E-state index is 11.1. The molecule has 1 aromatic rings. The van der Waals surface area contributed by atoms with Gasteiger partial charge in [0.15, 0.2) is 12.2 Å². The number of non-ortho nitro benzene ring substituents is 1. The van der Waals surface area contributed by atoms with Crippen molar-refractivity contribution in [2.45, 2.75) is 24.5 Å². The maximum Gasteiger partial charge on any atom is 0.346 e. The molecule has 9 N–H and O–H groups in total. The van der Waals surface area contributed by atoms with Crippen LogP contribution in [0, 0.1) is 30.3 Å². The number of aliphatic hydroxyl groups excluding tert-OH is 3. The van der Waals surface area contributed by atoms with Crippen LogP contribution >= 0.6 is 0 Å². The van der Waals surface area contributed by atoms with Crippen LogP contribution < -0.4 is 16.8 Å². The first-order valence-corrected chi connectivity index (χ1v) is 8.12. The Kier molecular flexibility index (Phi) is 8.65. The first kappa shape index (κ1) is 25.8. The summed E-state index contributed by atoms with van der Waals surface area (Å²) in [5, 5.41) is 69.9. The predicted molar refractivity (Wildman–Crippen MR) is 100 cm³/mol. The van der Waals surface area contributed by atoms with Crippen molar-refractivity contribution < 1.29 is 44.7 Å². The summed E-state index contributed by atoms with van der Waals surface area (Å²) in [4.78, 5) is 42.0. The zero-order valence-electron chi connectivity index (χ0n) is 15.7. The number of rotatable bonds is 5. The summed E-state index contributed by atoms with van der Waals surface area (Å²) in [5.74, 6) is -1.65. The third-order valence-electron chi connectivity index (χ3n) is 3.70. The number of guanidine groups is 1. The van der Waals surface area contributed by atoms with Crippen molar-refractivity contribution in [3.05, 3.63) is 42.5 Å². The van der Waals surface area contributed by atoms with Crippen molar-refractivity contribution in [1.29, 1.82) is 0 Å². The highest BCUT2D eigenvalue weighted by Gasteiger charge is 2.43. The van der Waals surface area contributed by atoms with E-state index in [0.717, 1.165) is 0 Å². The maximum absolute atomic E-state index is 11.1. The molecule has 0 spiro atoms. The van der Waals surface area contributed by atoms with E-state index in [0.29, 0.717) is 12.1 Å². The van der Waals surface area contributed by atoms with Crippen molar-refractivity contribution in [3.8, 4) is 5.75 Å². The summed E-state index contributed by atoms with van der Waals surface area (Å²) in [6.07, 6.45) is -4.76. The molecule has 1 fully saturated rings. The molecule has 0 radical (unpaired) electrons. The van der Waals surface area contributed by atoms with Gasteiger partial charge in [-0.1, -0.05) is 0 Å². The standard InChI is InChI=1S/C7H14N4O5.C6H3N3O7/c8-6(9)11-7(15)10-5-4(14)3(13)2(1-12)16-5;10-6-4(8(13)14)1-3(7(11)12)2-5(6)9(15)16/h2-5,12-14H,1H2,(H5,8,9,10,11,15);1-2,10H. The molecule has 19 nitrogen and oxygen atoms in total. The quantitative estimate of drug-likeness (QED) is 0.103. The highest BCUT2D eigenvalue weighted by atomic mass is 16.6. The largest absolute Gasteiger partial charge is 0.497 e. The van der Waals surface area contributed by atoms with Crippen LogP contribution in [0.15, 0.2) is 17.1 Å². The monoisotopic (exact) mass is 463 g/mol. The molecule has 0 saturated carbocycles. The number of hydrogen-bond donors (Lipinski definition) is 7. The van der Waals surface area contributed by atoms with Crippen LogP contribution in [0.5, 0.6) is 5.75 Å². The third-order valence-corrected chi connectivity index (χ3v) is 3.70. The molecular formula is C13H17N7O12. The van der Waals surface area contributed by atoms with E-state index in [1.807, 2.05) is 0 Å². The average Bonchev–Trinajstić information content (AvgIpc) is 2.95. The molecule has 1 aliphatic rings. The van der Waals surface area contributed by atoms with Gasteiger partial charge in [0, 0.05) is 0 Å². The molecule has 19 heteroatoms. The molecule has 32 heavy (non-hydrogen) atoms. The molecular weight excluding hydrogens is 446 g/mol. The van der Waals surface area contributed by atoms with E-state index in [4.69, 9.17) is 26.4 Å². The van der Waals surface area contributed by atoms with Crippen molar-refractivity contribution >= 4 is 29.1 Å². The van der Waals surface area contributed by atoms with Crippen LogP contribution in [-0.2, 0) is 4.74 Å². The molecule has 0 aliphatic carbocycles. The number of nitrogens with zero attached hydrogens (tertiary/aromatic N) is 4. The van der Waals surface area contributed by atoms with Gasteiger partial charge in [0.25, 0.3) is 11.4 Å². The second kappa shape index (κ2) is 10.7. The van der Waals surface area contributed by atoms with Gasteiger partial charge in [-0.05, 0) is 0 Å². The van der Waals surface area contributed by atoms with Gasteiger partial charge in [0.2, 0.25) is 0 Å². The molecule has 4 unspecified atom stereocenters. The van der Waals surface area contributed by atoms with E-state index in [-0.39, 0.29) is 0 Å². The number of aliphatic imine (C=N–C) groups is 1. The first-order valence-electron chi connectivity index (χ1n) is 8.12. The summed E-state index contributed by atoms with van der Waals surface area (Å²) >= 11 is 0. The zero-order valence-corrected chi connectivity index (χ0v) is 15.7. The lowest BCUT2D eigenvalue weighted by atomic mass is 10.1. The Morgan fingerprint density at radius 1 is 1.06 bits per heavy atom. The fourth-order valence-corrected chi connectivity index (χ4v) is 2.26. The number of nitro groups is 3. The number of ether oxygens (including phenoxy) is 1. The Morgan fingerprint density at radius 3 is 1.91 bits per heavy atom. The Balaban J connectivity index is 0.000000320. The van der Waals surface area contributed by atoms with Gasteiger partial charge in [-0.2, -0.15) is 4.99 Å². The van der Waals surface area contributed by atoms with Gasteiger partial charge >= 0.3 is 17.4 Å². The van der Waals surface area contributed by atoms with Crippen LogP contribution in [-0.4, -0.2) is 78.3 Å². The van der Waals surface area contributed by atoms with E-state index in [1.54, 1.807) is 0 Å². The van der Waals surface area contributed by atoms with Crippen LogP contribution in [0.3, 0.4) is 0 Å². The molecule has 2 amide bonds. The molecule has 2 rings (SSSR count). The molecule has 4 atom stereocenters. The Hall–Kier alpha value is -4.20. The molecule has 1 saturated heterocycles. The van der Waals surface area contributed by atoms with Crippen molar-refractivity contribution in [1.82, 2.24) is 5.32 Å². The Morgan fingerprint density at radius 2 is 1.56 bits per heavy atom. The van der Waals surface area contributed by atoms with E-state index >= 15 is 0 Å². The lowest BCUT2D eigenvalue weighted by molar-refractivity contribution is -0.404. The van der Waals surface area contributed by atoms with Crippen LogP contribution in [0.1, 0.15) is 0 Å². The molecule has 176 valence electrons. The number of amides is 2. The van der Waals surface area contributed by atoms with E-state index in [1.165, 1.54) is 0 Å². The topological polar surface area (TPSA) is 313 Å². The second-order valence-corrected chi connectivity index (χ2v) is 5.85. The van der Waals surface area contributed by atoms with Gasteiger partial charge in [-0.25, -0.2) is 4.79 Å². The zero-order chi connectivity index (χ0) is 24.7. The number of aromatic hydroxyl groups is 1. The number of phenols is 1. The third kappa shape index (κ3) is 6.40. The fourth-order valence-electron chi connectivity index (χ4n) is 2.26. The molecule has 0 aromatic heterocycles. The van der Waals surface area contributed by atoms with Crippen LogP contribution in [0.25, 0.3) is 0 Å². The van der Waals surface area contributed by atoms with Gasteiger partial charge < -0.3 is 41.9 Å². The number of hydrogen-bond acceptors (Lipinski definition) is 12. The number of nitrogens with two attached hydrogens (primary N) is 2. The summed E-state index contributed by atoms with van der Waals surface area (Å²) < 4.78 is 4.95. The SMILES string of the molecule is NC(N)=NC(=O)NC1OC(CO)C(O)C1O.O=[N+]([O-])c1cc([N+](=O)[O-])c(O)c([N+](=O)[O-])c1. The number of carbonyl (C=O) groups excluding carboxylic acids is 1. The molecule has 1 aromatic carbocycles. The van der Waals surface area contributed by atoms with Gasteiger partial charge in [-0.15, -0.1) is 0 Å². The van der Waals surface area contributed by atoms with E-state index in [9.17, 15) is 45.4 Å². The van der Waals surface area contributed by atoms with Gasteiger partial charge in [0.1, 0.15) is 18.3 Å². The normalized spacial score (nSPS) is 21.6. The minimum absolute atomic E-state index is 0.441. The molecule has 1 aliphatic heterocycles. The highest BCUT2D eigenvalue weighted by Crippen LogP contribution is 2.38. The number of urea groups is 1. The Bertz CT molecular complexity index is 899. The summed E-state index contributed by atoms with van der Waals surface area (Å²) in [6, 6.07) is -0.0140. The predicted octanol–water partition coefficient (Wildman–Crippen LogP) is -2.47. The number of benzene rings is 1. The van der Waals surface area contributed by atoms with Crippen molar-refractivity contribution in [2.24, 2.45) is 16.5 Å². The number of carbonyl (C=O) groups is 1. The van der Waals surface area contributed by atoms with E-state index in [2.05, 4.69) is 10.3 Å². The first-order chi connectivity index (χ1) is 14.8. The highest BCUT2D eigenvalue weighted by molar-refractivity contribution is 5.90. The lowest BCUT2D eigenvalue weighted by Crippen LogP contribution is -2.43. The smallest absolute Gasteiger partial charge is 0.346 e. The number of nitro benzene ring substituents is 3. The minimum atomic E-state index is -1.35. The van der Waals surface area contributed by atoms with Crippen molar-refractivity contribution in [3.63, 3.8) is 0 Å². The van der Waals surface area contributed by atoms with Gasteiger partial charge in [-0.3, -0.25) is 30.3 Å². The Labute approximate surface area is 176 Å². The van der Waals surface area contributed by atoms with Crippen LogP contribution in [0.2, 0.25) is 0 Å². The summed E-state index contributed by atoms with van der Waals surface area (Å²) in [5.41, 5.74) is 6.91. The second-order valence-electron chi connectivity index (χ2n) is 5.85. The van der Waals surface area contributed by atoms with Crippen molar-refractivity contribution in [2.75, 3.05) is 6.61 Å². The van der Waals surface area contributed by atoms with Gasteiger partial charge in [0.05, 0.1) is 33.5 Å². The van der Waals surface area contributed by atoms with E-state index < -0.39 is 80.7 Å². The lowest BCUT2D eigenvalue weighted by Gasteiger charge is -2.14. The number of phenolic OH excluding ortho intramolecular Hbond substituents is 1. The average molecular weight is 463 g/mol. The summed E-state index contributed by atoms with van der Waals surface area (Å²) in [6.45, 7) is -0.479. The number of nitrogens with one attached hydrogen (secondary N) is 1. The minimum Gasteiger partial charge on any atom is -0.497 e. The fraction of sp³-hybridized carbons (Fsp3) is 0.385. The molecule has 1 heterocycles. The van der Waals surface area contributed by atoms with Crippen LogP contribution in [0.4, 0.5) is 21.9 Å². The number of aliphatic hydroxyl groups is 3.